The SMILES string of the molecule is Cc1ccc(C2(CN)OCCO2)cc1F. The molecule has 1 saturated heterocycles. The molecule has 1 aliphatic rings. The van der Waals surface area contributed by atoms with Crippen molar-refractivity contribution in [3.05, 3.63) is 35.1 Å². The lowest BCUT2D eigenvalue weighted by Gasteiger charge is -2.26. The van der Waals surface area contributed by atoms with Crippen molar-refractivity contribution >= 4 is 0 Å². The highest BCUT2D eigenvalue weighted by atomic mass is 19.1. The highest BCUT2D eigenvalue weighted by Crippen LogP contribution is 2.31. The monoisotopic (exact) mass is 211 g/mol. The van der Waals surface area contributed by atoms with Crippen molar-refractivity contribution < 1.29 is 13.9 Å². The zero-order valence-electron chi connectivity index (χ0n) is 8.63. The van der Waals surface area contributed by atoms with E-state index in [0.29, 0.717) is 24.3 Å². The molecular weight excluding hydrogens is 197 g/mol. The number of hydrogen-bond acceptors (Lipinski definition) is 3. The second-order valence-corrected chi connectivity index (χ2v) is 3.62. The number of halogens is 1. The third-order valence-corrected chi connectivity index (χ3v) is 2.63. The Balaban J connectivity index is 2.38. The summed E-state index contributed by atoms with van der Waals surface area (Å²) in [5, 5.41) is 0. The predicted octanol–water partition coefficient (Wildman–Crippen LogP) is 1.29. The molecule has 15 heavy (non-hydrogen) atoms. The highest BCUT2D eigenvalue weighted by molar-refractivity contribution is 5.27. The lowest BCUT2D eigenvalue weighted by Crippen LogP contribution is -2.36. The van der Waals surface area contributed by atoms with Crippen LogP contribution in [0.4, 0.5) is 4.39 Å². The van der Waals surface area contributed by atoms with Gasteiger partial charge in [-0.3, -0.25) is 0 Å². The standard InChI is InChI=1S/C11H14FNO2/c1-8-2-3-9(6-10(8)12)11(7-13)14-4-5-15-11/h2-3,6H,4-5,7,13H2,1H3. The van der Waals surface area contributed by atoms with Gasteiger partial charge in [-0.25, -0.2) is 4.39 Å². The van der Waals surface area contributed by atoms with Crippen molar-refractivity contribution in [3.63, 3.8) is 0 Å². The van der Waals surface area contributed by atoms with Gasteiger partial charge in [0.15, 0.2) is 0 Å². The normalized spacial score (nSPS) is 19.4. The number of nitrogens with two attached hydrogens (primary N) is 1. The summed E-state index contributed by atoms with van der Waals surface area (Å²) in [5.74, 6) is -1.21. The van der Waals surface area contributed by atoms with Gasteiger partial charge in [-0.2, -0.15) is 0 Å². The van der Waals surface area contributed by atoms with Crippen LogP contribution in [0.2, 0.25) is 0 Å². The molecule has 1 aromatic carbocycles. The molecule has 0 aromatic heterocycles. The van der Waals surface area contributed by atoms with Gasteiger partial charge in [0.05, 0.1) is 19.8 Å². The van der Waals surface area contributed by atoms with E-state index in [1.54, 1.807) is 19.1 Å². The summed E-state index contributed by atoms with van der Waals surface area (Å²) in [7, 11) is 0. The van der Waals surface area contributed by atoms with Gasteiger partial charge in [0, 0.05) is 5.56 Å². The van der Waals surface area contributed by atoms with Crippen LogP contribution >= 0.6 is 0 Å². The average Bonchev–Trinajstić information content (AvgIpc) is 2.72. The van der Waals surface area contributed by atoms with Crippen molar-refractivity contribution in [2.45, 2.75) is 12.7 Å². The first-order valence-electron chi connectivity index (χ1n) is 4.92. The Labute approximate surface area is 88.0 Å². The molecule has 1 aliphatic heterocycles. The summed E-state index contributed by atoms with van der Waals surface area (Å²) in [6, 6.07) is 4.91. The Morgan fingerprint density at radius 1 is 1.40 bits per heavy atom. The maximum absolute atomic E-state index is 13.4. The highest BCUT2D eigenvalue weighted by Gasteiger charge is 2.37. The van der Waals surface area contributed by atoms with Crippen LogP contribution in [0.15, 0.2) is 18.2 Å². The second-order valence-electron chi connectivity index (χ2n) is 3.62. The van der Waals surface area contributed by atoms with Crippen molar-refractivity contribution in [1.82, 2.24) is 0 Å². The summed E-state index contributed by atoms with van der Waals surface area (Å²) in [4.78, 5) is 0. The number of benzene rings is 1. The van der Waals surface area contributed by atoms with Gasteiger partial charge in [-0.15, -0.1) is 0 Å². The van der Waals surface area contributed by atoms with Gasteiger partial charge in [-0.05, 0) is 18.6 Å². The van der Waals surface area contributed by atoms with Gasteiger partial charge in [-0.1, -0.05) is 12.1 Å². The van der Waals surface area contributed by atoms with Crippen molar-refractivity contribution in [3.8, 4) is 0 Å². The maximum atomic E-state index is 13.4. The fourth-order valence-corrected chi connectivity index (χ4v) is 1.69. The van der Waals surface area contributed by atoms with E-state index < -0.39 is 5.79 Å². The first-order chi connectivity index (χ1) is 7.18. The van der Waals surface area contributed by atoms with Crippen LogP contribution < -0.4 is 5.73 Å². The molecule has 0 unspecified atom stereocenters. The fourth-order valence-electron chi connectivity index (χ4n) is 1.69. The van der Waals surface area contributed by atoms with Crippen LogP contribution in [0.1, 0.15) is 11.1 Å². The summed E-state index contributed by atoms with van der Waals surface area (Å²) < 4.78 is 24.3. The summed E-state index contributed by atoms with van der Waals surface area (Å²) >= 11 is 0. The average molecular weight is 211 g/mol. The maximum Gasteiger partial charge on any atom is 0.207 e. The topological polar surface area (TPSA) is 44.5 Å². The minimum absolute atomic E-state index is 0.190. The van der Waals surface area contributed by atoms with E-state index in [2.05, 4.69) is 0 Å². The first kappa shape index (κ1) is 10.5. The quantitative estimate of drug-likeness (QED) is 0.801. The zero-order chi connectivity index (χ0) is 10.9. The molecule has 0 atom stereocenters. The smallest absolute Gasteiger partial charge is 0.207 e. The van der Waals surface area contributed by atoms with Crippen LogP contribution in [-0.2, 0) is 15.3 Å². The Bertz CT molecular complexity index is 362. The largest absolute Gasteiger partial charge is 0.342 e. The molecule has 0 bridgehead atoms. The molecule has 1 aromatic rings. The number of rotatable bonds is 2. The van der Waals surface area contributed by atoms with E-state index >= 15 is 0 Å². The molecule has 0 amide bonds. The molecule has 82 valence electrons. The minimum atomic E-state index is -0.950. The molecule has 1 heterocycles. The fraction of sp³-hybridized carbons (Fsp3) is 0.455. The lowest BCUT2D eigenvalue weighted by atomic mass is 10.0. The first-order valence-corrected chi connectivity index (χ1v) is 4.92. The van der Waals surface area contributed by atoms with E-state index in [9.17, 15) is 4.39 Å². The van der Waals surface area contributed by atoms with Crippen LogP contribution in [0.3, 0.4) is 0 Å². The van der Waals surface area contributed by atoms with Crippen LogP contribution in [-0.4, -0.2) is 19.8 Å². The molecule has 2 N–H and O–H groups in total. The molecule has 1 fully saturated rings. The molecule has 0 radical (unpaired) electrons. The molecule has 4 heteroatoms. The number of ether oxygens (including phenoxy) is 2. The van der Waals surface area contributed by atoms with Crippen LogP contribution in [0.25, 0.3) is 0 Å². The van der Waals surface area contributed by atoms with E-state index in [4.69, 9.17) is 15.2 Å². The molecular formula is C11H14FNO2. The third kappa shape index (κ3) is 1.76. The molecule has 0 spiro atoms. The van der Waals surface area contributed by atoms with Crippen LogP contribution in [0, 0.1) is 12.7 Å². The van der Waals surface area contributed by atoms with Gasteiger partial charge in [0.25, 0.3) is 0 Å². The van der Waals surface area contributed by atoms with Crippen LogP contribution in [0.5, 0.6) is 0 Å². The lowest BCUT2D eigenvalue weighted by molar-refractivity contribution is -0.157. The summed E-state index contributed by atoms with van der Waals surface area (Å²) in [6.07, 6.45) is 0. The molecule has 0 saturated carbocycles. The second kappa shape index (κ2) is 3.89. The van der Waals surface area contributed by atoms with Gasteiger partial charge < -0.3 is 15.2 Å². The summed E-state index contributed by atoms with van der Waals surface area (Å²) in [6.45, 7) is 2.89. The Kier molecular flexibility index (Phi) is 2.73. The van der Waals surface area contributed by atoms with Gasteiger partial charge >= 0.3 is 0 Å². The van der Waals surface area contributed by atoms with Gasteiger partial charge in [0.1, 0.15) is 5.82 Å². The third-order valence-electron chi connectivity index (χ3n) is 2.63. The van der Waals surface area contributed by atoms with E-state index in [0.717, 1.165) is 0 Å². The van der Waals surface area contributed by atoms with E-state index in [1.807, 2.05) is 0 Å². The minimum Gasteiger partial charge on any atom is -0.342 e. The number of aryl methyl sites for hydroxylation is 1. The van der Waals surface area contributed by atoms with E-state index in [1.165, 1.54) is 6.07 Å². The summed E-state index contributed by atoms with van der Waals surface area (Å²) in [5.41, 5.74) is 6.86. The van der Waals surface area contributed by atoms with Crippen molar-refractivity contribution in [2.24, 2.45) is 5.73 Å². The van der Waals surface area contributed by atoms with E-state index in [-0.39, 0.29) is 12.4 Å². The molecule has 2 rings (SSSR count). The Morgan fingerprint density at radius 2 is 2.07 bits per heavy atom. The Hall–Kier alpha value is -0.970. The molecule has 0 aliphatic carbocycles. The molecule has 3 nitrogen and oxygen atoms in total. The van der Waals surface area contributed by atoms with Gasteiger partial charge in [0.2, 0.25) is 5.79 Å². The predicted molar refractivity (Wildman–Crippen MR) is 53.8 cm³/mol. The van der Waals surface area contributed by atoms with Crippen molar-refractivity contribution in [2.75, 3.05) is 19.8 Å². The Morgan fingerprint density at radius 3 is 2.60 bits per heavy atom. The zero-order valence-corrected chi connectivity index (χ0v) is 8.63. The van der Waals surface area contributed by atoms with Crippen molar-refractivity contribution in [1.29, 1.82) is 0 Å². The number of hydrogen-bond donors (Lipinski definition) is 1.